The van der Waals surface area contributed by atoms with E-state index in [-0.39, 0.29) is 17.7 Å². The maximum Gasteiger partial charge on any atom is 0.359 e. The summed E-state index contributed by atoms with van der Waals surface area (Å²) >= 11 is 5.87. The first-order valence-corrected chi connectivity index (χ1v) is 7.34. The second-order valence-electron chi connectivity index (χ2n) is 5.00. The average Bonchev–Trinajstić information content (AvgIpc) is 3.08. The fraction of sp³-hybridized carbons (Fsp3) is 0.0588. The zero-order chi connectivity index (χ0) is 18.1. The number of terminal acetylenes is 1. The van der Waals surface area contributed by atoms with Gasteiger partial charge in [0.05, 0.1) is 16.2 Å². The van der Waals surface area contributed by atoms with Crippen LogP contribution < -0.4 is 5.73 Å². The molecule has 3 N–H and O–H groups in total. The zero-order valence-electron chi connectivity index (χ0n) is 12.6. The normalized spacial score (nSPS) is 10.6. The SMILES string of the molecule is C#CCOC(=O)c1nc(-c2ccc3cc[nH]c3c2F)c(F)c(N)c1Cl. The molecule has 126 valence electrons. The molecular formula is C17H10ClF2N3O2. The number of fused-ring (bicyclic) bond motifs is 1. The number of nitrogens with two attached hydrogens (primary N) is 1. The predicted molar refractivity (Wildman–Crippen MR) is 90.0 cm³/mol. The Hall–Kier alpha value is -3.11. The van der Waals surface area contributed by atoms with E-state index in [0.29, 0.717) is 5.39 Å². The molecule has 0 aliphatic heterocycles. The molecule has 8 heteroatoms. The Morgan fingerprint density at radius 3 is 2.84 bits per heavy atom. The molecule has 25 heavy (non-hydrogen) atoms. The molecule has 0 aliphatic rings. The Bertz CT molecular complexity index is 1040. The van der Waals surface area contributed by atoms with Crippen LogP contribution in [0.25, 0.3) is 22.2 Å². The second kappa shape index (κ2) is 6.42. The number of rotatable bonds is 3. The number of aromatic amines is 1. The van der Waals surface area contributed by atoms with Crippen LogP contribution in [-0.4, -0.2) is 22.5 Å². The highest BCUT2D eigenvalue weighted by Gasteiger charge is 2.25. The number of ether oxygens (including phenoxy) is 1. The van der Waals surface area contributed by atoms with E-state index in [1.165, 1.54) is 6.07 Å². The van der Waals surface area contributed by atoms with Crippen molar-refractivity contribution in [2.75, 3.05) is 12.3 Å². The van der Waals surface area contributed by atoms with E-state index in [0.717, 1.165) is 0 Å². The fourth-order valence-corrected chi connectivity index (χ4v) is 2.53. The van der Waals surface area contributed by atoms with Crippen molar-refractivity contribution in [1.82, 2.24) is 9.97 Å². The number of nitrogen functional groups attached to an aromatic ring is 1. The van der Waals surface area contributed by atoms with Crippen molar-refractivity contribution in [2.45, 2.75) is 0 Å². The molecule has 0 saturated heterocycles. The van der Waals surface area contributed by atoms with Gasteiger partial charge >= 0.3 is 5.97 Å². The summed E-state index contributed by atoms with van der Waals surface area (Å²) in [6.07, 6.45) is 6.55. The van der Waals surface area contributed by atoms with Crippen molar-refractivity contribution >= 4 is 34.2 Å². The maximum atomic E-state index is 14.7. The summed E-state index contributed by atoms with van der Waals surface area (Å²) in [5, 5.41) is 0.168. The van der Waals surface area contributed by atoms with Crippen molar-refractivity contribution in [3.05, 3.63) is 46.7 Å². The highest BCUT2D eigenvalue weighted by Crippen LogP contribution is 2.35. The molecule has 0 spiro atoms. The molecule has 2 heterocycles. The van der Waals surface area contributed by atoms with Crippen molar-refractivity contribution in [3.8, 4) is 23.6 Å². The number of hydrogen-bond donors (Lipinski definition) is 2. The number of benzene rings is 1. The Morgan fingerprint density at radius 2 is 2.12 bits per heavy atom. The van der Waals surface area contributed by atoms with Gasteiger partial charge in [-0.05, 0) is 12.1 Å². The third kappa shape index (κ3) is 2.77. The van der Waals surface area contributed by atoms with E-state index < -0.39 is 39.7 Å². The van der Waals surface area contributed by atoms with E-state index in [4.69, 9.17) is 28.5 Å². The summed E-state index contributed by atoms with van der Waals surface area (Å²) in [4.78, 5) is 18.5. The number of nitrogens with one attached hydrogen (secondary N) is 1. The molecule has 0 radical (unpaired) electrons. The van der Waals surface area contributed by atoms with Crippen LogP contribution in [0.4, 0.5) is 14.5 Å². The van der Waals surface area contributed by atoms with Gasteiger partial charge in [-0.2, -0.15) is 0 Å². The number of halogens is 3. The fourth-order valence-electron chi connectivity index (χ4n) is 2.32. The molecule has 2 aromatic heterocycles. The van der Waals surface area contributed by atoms with Gasteiger partial charge in [-0.1, -0.05) is 23.6 Å². The van der Waals surface area contributed by atoms with Gasteiger partial charge in [0, 0.05) is 17.1 Å². The number of carbonyl (C=O) groups excluding carboxylic acids is 1. The number of carbonyl (C=O) groups is 1. The van der Waals surface area contributed by atoms with Gasteiger partial charge in [-0.3, -0.25) is 0 Å². The Kier molecular flexibility index (Phi) is 4.30. The molecule has 0 aliphatic carbocycles. The van der Waals surface area contributed by atoms with E-state index in [1.54, 1.807) is 18.3 Å². The molecule has 0 unspecified atom stereocenters. The van der Waals surface area contributed by atoms with Gasteiger partial charge in [0.2, 0.25) is 0 Å². The van der Waals surface area contributed by atoms with Gasteiger partial charge < -0.3 is 15.5 Å². The van der Waals surface area contributed by atoms with Crippen LogP contribution in [0.2, 0.25) is 5.02 Å². The molecule has 0 fully saturated rings. The monoisotopic (exact) mass is 361 g/mol. The number of hydrogen-bond acceptors (Lipinski definition) is 4. The lowest BCUT2D eigenvalue weighted by molar-refractivity contribution is 0.0550. The lowest BCUT2D eigenvalue weighted by atomic mass is 10.1. The quantitative estimate of drug-likeness (QED) is 0.552. The van der Waals surface area contributed by atoms with Crippen molar-refractivity contribution < 1.29 is 18.3 Å². The van der Waals surface area contributed by atoms with E-state index >= 15 is 0 Å². The number of nitrogens with zero attached hydrogens (tertiary/aromatic N) is 1. The first kappa shape index (κ1) is 16.7. The number of pyridine rings is 1. The lowest BCUT2D eigenvalue weighted by Gasteiger charge is -2.11. The molecule has 0 saturated carbocycles. The molecule has 0 bridgehead atoms. The van der Waals surface area contributed by atoms with E-state index in [1.807, 2.05) is 0 Å². The predicted octanol–water partition coefficient (Wildman–Crippen LogP) is 3.53. The summed E-state index contributed by atoms with van der Waals surface area (Å²) in [5.41, 5.74) is 4.16. The maximum absolute atomic E-state index is 14.7. The second-order valence-corrected chi connectivity index (χ2v) is 5.38. The summed E-state index contributed by atoms with van der Waals surface area (Å²) < 4.78 is 33.9. The number of anilines is 1. The van der Waals surface area contributed by atoms with Gasteiger partial charge in [0.15, 0.2) is 23.9 Å². The first-order chi connectivity index (χ1) is 12.0. The first-order valence-electron chi connectivity index (χ1n) is 6.96. The van der Waals surface area contributed by atoms with Crippen LogP contribution in [0.3, 0.4) is 0 Å². The van der Waals surface area contributed by atoms with Gasteiger partial charge in [0.1, 0.15) is 5.69 Å². The molecule has 3 rings (SSSR count). The standard InChI is InChI=1S/C17H10ClF2N3O2/c1-2-7-25-17(24)16-10(18)13(21)12(20)15(23-16)9-4-3-8-5-6-22-14(8)11(9)19/h1,3-6,22H,7H2,(H2,21,23). The lowest BCUT2D eigenvalue weighted by Crippen LogP contribution is -2.12. The smallest absolute Gasteiger partial charge is 0.359 e. The molecule has 0 amide bonds. The van der Waals surface area contributed by atoms with Crippen molar-refractivity contribution in [3.63, 3.8) is 0 Å². The third-order valence-corrected chi connectivity index (χ3v) is 3.89. The minimum absolute atomic E-state index is 0.170. The van der Waals surface area contributed by atoms with Gasteiger partial charge in [-0.15, -0.1) is 6.42 Å². The molecule has 1 aromatic carbocycles. The van der Waals surface area contributed by atoms with Crippen LogP contribution >= 0.6 is 11.6 Å². The zero-order valence-corrected chi connectivity index (χ0v) is 13.3. The average molecular weight is 362 g/mol. The van der Waals surface area contributed by atoms with Crippen molar-refractivity contribution in [2.24, 2.45) is 0 Å². The highest BCUT2D eigenvalue weighted by molar-refractivity contribution is 6.35. The van der Waals surface area contributed by atoms with Crippen LogP contribution in [0.1, 0.15) is 10.5 Å². The Balaban J connectivity index is 2.21. The van der Waals surface area contributed by atoms with E-state index in [2.05, 4.69) is 15.9 Å². The topological polar surface area (TPSA) is 81.0 Å². The number of esters is 1. The third-order valence-electron chi connectivity index (χ3n) is 3.51. The summed E-state index contributed by atoms with van der Waals surface area (Å²) in [5.74, 6) is -0.662. The molecule has 5 nitrogen and oxygen atoms in total. The summed E-state index contributed by atoms with van der Waals surface area (Å²) in [6.45, 7) is -0.327. The Labute approximate surface area is 145 Å². The number of H-pyrrole nitrogens is 1. The van der Waals surface area contributed by atoms with Crippen molar-refractivity contribution in [1.29, 1.82) is 0 Å². The summed E-state index contributed by atoms with van der Waals surface area (Å²) in [7, 11) is 0. The van der Waals surface area contributed by atoms with Crippen LogP contribution in [0.5, 0.6) is 0 Å². The molecule has 0 atom stereocenters. The number of aromatic nitrogens is 2. The van der Waals surface area contributed by atoms with Crippen LogP contribution in [-0.2, 0) is 4.74 Å². The highest BCUT2D eigenvalue weighted by atomic mass is 35.5. The molecule has 3 aromatic rings. The van der Waals surface area contributed by atoms with E-state index in [9.17, 15) is 13.6 Å². The summed E-state index contributed by atoms with van der Waals surface area (Å²) in [6, 6.07) is 4.57. The molecular weight excluding hydrogens is 352 g/mol. The Morgan fingerprint density at radius 1 is 1.36 bits per heavy atom. The van der Waals surface area contributed by atoms with Crippen LogP contribution in [0, 0.1) is 24.0 Å². The minimum Gasteiger partial charge on any atom is -0.448 e. The minimum atomic E-state index is -1.04. The van der Waals surface area contributed by atoms with Gasteiger partial charge in [0.25, 0.3) is 0 Å². The van der Waals surface area contributed by atoms with Crippen LogP contribution in [0.15, 0.2) is 24.4 Å². The van der Waals surface area contributed by atoms with Gasteiger partial charge in [-0.25, -0.2) is 18.6 Å². The largest absolute Gasteiger partial charge is 0.448 e.